The Morgan fingerprint density at radius 3 is 2.74 bits per heavy atom. The first-order chi connectivity index (χ1) is 11.2. The molecule has 0 aliphatic carbocycles. The second-order valence-corrected chi connectivity index (χ2v) is 5.93. The van der Waals surface area contributed by atoms with Gasteiger partial charge < -0.3 is 4.42 Å². The van der Waals surface area contributed by atoms with Gasteiger partial charge in [-0.2, -0.15) is 5.10 Å². The van der Waals surface area contributed by atoms with Gasteiger partial charge in [-0.25, -0.2) is 4.98 Å². The van der Waals surface area contributed by atoms with Crippen molar-refractivity contribution in [2.45, 2.75) is 26.3 Å². The molecule has 0 saturated heterocycles. The Bertz CT molecular complexity index is 672. The first kappa shape index (κ1) is 15.5. The highest BCUT2D eigenvalue weighted by Crippen LogP contribution is 2.20. The van der Waals surface area contributed by atoms with Crippen molar-refractivity contribution in [3.8, 4) is 11.3 Å². The molecular weight excluding hydrogens is 288 g/mol. The van der Waals surface area contributed by atoms with Crippen molar-refractivity contribution in [3.63, 3.8) is 0 Å². The van der Waals surface area contributed by atoms with Gasteiger partial charge in [0.25, 0.3) is 0 Å². The van der Waals surface area contributed by atoms with Gasteiger partial charge >= 0.3 is 0 Å². The highest BCUT2D eigenvalue weighted by atomic mass is 16.3. The van der Waals surface area contributed by atoms with Crippen LogP contribution in [0.2, 0.25) is 0 Å². The first-order valence-electron chi connectivity index (χ1n) is 7.93. The van der Waals surface area contributed by atoms with Gasteiger partial charge in [0, 0.05) is 24.7 Å². The Morgan fingerprint density at radius 2 is 2.13 bits per heavy atom. The van der Waals surface area contributed by atoms with Crippen LogP contribution in [-0.2, 0) is 0 Å². The molecule has 0 atom stereocenters. The molecule has 2 heterocycles. The zero-order chi connectivity index (χ0) is 16.1. The molecule has 2 aromatic rings. The lowest BCUT2D eigenvalue weighted by atomic mass is 10.1. The molecule has 0 amide bonds. The maximum absolute atomic E-state index is 5.27. The Hall–Kier alpha value is -2.40. The number of hydrogen-bond acceptors (Lipinski definition) is 5. The molecule has 0 fully saturated rings. The fourth-order valence-corrected chi connectivity index (χ4v) is 2.54. The molecular formula is C18H22N4O. The Kier molecular flexibility index (Phi) is 4.88. The van der Waals surface area contributed by atoms with E-state index in [1.807, 2.05) is 30.5 Å². The van der Waals surface area contributed by atoms with Gasteiger partial charge in [-0.3, -0.25) is 10.3 Å². The SMILES string of the molecule is CC(C)N1CC=C(C=NNc2ccc(-c3cnco3)cc2)CC1. The molecule has 1 aromatic heterocycles. The van der Waals surface area contributed by atoms with E-state index in [2.05, 4.69) is 40.3 Å². The number of oxazole rings is 1. The lowest BCUT2D eigenvalue weighted by molar-refractivity contribution is 0.241. The van der Waals surface area contributed by atoms with E-state index >= 15 is 0 Å². The molecule has 1 N–H and O–H groups in total. The van der Waals surface area contributed by atoms with E-state index in [4.69, 9.17) is 4.42 Å². The number of nitrogens with one attached hydrogen (secondary N) is 1. The summed E-state index contributed by atoms with van der Waals surface area (Å²) >= 11 is 0. The topological polar surface area (TPSA) is 53.7 Å². The monoisotopic (exact) mass is 310 g/mol. The molecule has 23 heavy (non-hydrogen) atoms. The van der Waals surface area contributed by atoms with Crippen molar-refractivity contribution < 1.29 is 4.42 Å². The van der Waals surface area contributed by atoms with Crippen LogP contribution in [0.3, 0.4) is 0 Å². The highest BCUT2D eigenvalue weighted by Gasteiger charge is 2.12. The standard InChI is InChI=1S/C18H22N4O/c1-14(2)22-9-7-15(8-10-22)11-20-21-17-5-3-16(4-6-17)18-12-19-13-23-18/h3-7,11-14,21H,8-10H2,1-2H3. The van der Waals surface area contributed by atoms with Crippen molar-refractivity contribution >= 4 is 11.9 Å². The molecule has 0 unspecified atom stereocenters. The predicted molar refractivity (Wildman–Crippen MR) is 93.5 cm³/mol. The Morgan fingerprint density at radius 1 is 1.30 bits per heavy atom. The van der Waals surface area contributed by atoms with Gasteiger partial charge in [0.1, 0.15) is 0 Å². The first-order valence-corrected chi connectivity index (χ1v) is 7.93. The average Bonchev–Trinajstić information content (AvgIpc) is 3.10. The minimum absolute atomic E-state index is 0.603. The summed E-state index contributed by atoms with van der Waals surface area (Å²) in [7, 11) is 0. The second-order valence-electron chi connectivity index (χ2n) is 5.93. The third kappa shape index (κ3) is 4.07. The van der Waals surface area contributed by atoms with Crippen molar-refractivity contribution in [2.75, 3.05) is 18.5 Å². The maximum atomic E-state index is 5.27. The number of hydrogen-bond donors (Lipinski definition) is 1. The fraction of sp³-hybridized carbons (Fsp3) is 0.333. The number of rotatable bonds is 5. The predicted octanol–water partition coefficient (Wildman–Crippen LogP) is 3.78. The van der Waals surface area contributed by atoms with Crippen LogP contribution in [0.4, 0.5) is 5.69 Å². The lowest BCUT2D eigenvalue weighted by Crippen LogP contribution is -2.34. The Balaban J connectivity index is 1.54. The molecule has 3 rings (SSSR count). The van der Waals surface area contributed by atoms with Crippen LogP contribution in [-0.4, -0.2) is 35.2 Å². The van der Waals surface area contributed by atoms with Gasteiger partial charge in [-0.05, 0) is 50.1 Å². The molecule has 1 aliphatic heterocycles. The minimum Gasteiger partial charge on any atom is -0.444 e. The molecule has 0 saturated carbocycles. The van der Waals surface area contributed by atoms with Crippen LogP contribution in [0.5, 0.6) is 0 Å². The van der Waals surface area contributed by atoms with E-state index in [-0.39, 0.29) is 0 Å². The summed E-state index contributed by atoms with van der Waals surface area (Å²) < 4.78 is 5.27. The molecule has 120 valence electrons. The van der Waals surface area contributed by atoms with E-state index in [9.17, 15) is 0 Å². The normalized spacial score (nSPS) is 16.0. The van der Waals surface area contributed by atoms with E-state index in [0.717, 1.165) is 36.5 Å². The van der Waals surface area contributed by atoms with Crippen LogP contribution in [0.1, 0.15) is 20.3 Å². The smallest absolute Gasteiger partial charge is 0.181 e. The van der Waals surface area contributed by atoms with Crippen LogP contribution in [0.25, 0.3) is 11.3 Å². The average molecular weight is 310 g/mol. The van der Waals surface area contributed by atoms with E-state index in [1.165, 1.54) is 12.0 Å². The zero-order valence-electron chi connectivity index (χ0n) is 13.6. The molecule has 5 heteroatoms. The van der Waals surface area contributed by atoms with Crippen LogP contribution in [0, 0.1) is 0 Å². The largest absolute Gasteiger partial charge is 0.444 e. The zero-order valence-corrected chi connectivity index (χ0v) is 13.6. The van der Waals surface area contributed by atoms with Crippen molar-refractivity contribution in [1.82, 2.24) is 9.88 Å². The quantitative estimate of drug-likeness (QED) is 0.674. The van der Waals surface area contributed by atoms with Crippen LogP contribution < -0.4 is 5.43 Å². The Labute approximate surface area is 136 Å². The van der Waals surface area contributed by atoms with E-state index in [1.54, 1.807) is 6.20 Å². The molecule has 0 radical (unpaired) electrons. The number of aromatic nitrogens is 1. The third-order valence-corrected chi connectivity index (χ3v) is 4.03. The number of benzene rings is 1. The highest BCUT2D eigenvalue weighted by molar-refractivity contribution is 5.79. The van der Waals surface area contributed by atoms with Crippen LogP contribution in [0.15, 0.2) is 58.0 Å². The van der Waals surface area contributed by atoms with E-state index < -0.39 is 0 Å². The molecule has 1 aromatic carbocycles. The van der Waals surface area contributed by atoms with Crippen molar-refractivity contribution in [3.05, 3.63) is 48.5 Å². The van der Waals surface area contributed by atoms with Gasteiger partial charge in [0.15, 0.2) is 12.2 Å². The fourth-order valence-electron chi connectivity index (χ4n) is 2.54. The summed E-state index contributed by atoms with van der Waals surface area (Å²) in [6.07, 6.45) is 8.36. The number of hydrazone groups is 1. The minimum atomic E-state index is 0.603. The summed E-state index contributed by atoms with van der Waals surface area (Å²) in [5.74, 6) is 0.766. The maximum Gasteiger partial charge on any atom is 0.181 e. The van der Waals surface area contributed by atoms with E-state index in [0.29, 0.717) is 6.04 Å². The molecule has 1 aliphatic rings. The van der Waals surface area contributed by atoms with Crippen LogP contribution >= 0.6 is 0 Å². The number of nitrogens with zero attached hydrogens (tertiary/aromatic N) is 3. The summed E-state index contributed by atoms with van der Waals surface area (Å²) in [5, 5.41) is 4.33. The summed E-state index contributed by atoms with van der Waals surface area (Å²) in [6, 6.07) is 8.53. The molecule has 5 nitrogen and oxygen atoms in total. The van der Waals surface area contributed by atoms with Gasteiger partial charge in [0.2, 0.25) is 0 Å². The van der Waals surface area contributed by atoms with Gasteiger partial charge in [0.05, 0.1) is 18.1 Å². The number of anilines is 1. The summed E-state index contributed by atoms with van der Waals surface area (Å²) in [4.78, 5) is 6.37. The molecule has 0 bridgehead atoms. The second kappa shape index (κ2) is 7.24. The van der Waals surface area contributed by atoms with Gasteiger partial charge in [-0.15, -0.1) is 0 Å². The third-order valence-electron chi connectivity index (χ3n) is 4.03. The van der Waals surface area contributed by atoms with Crippen molar-refractivity contribution in [1.29, 1.82) is 0 Å². The van der Waals surface area contributed by atoms with Gasteiger partial charge in [-0.1, -0.05) is 6.08 Å². The lowest BCUT2D eigenvalue weighted by Gasteiger charge is -2.28. The van der Waals surface area contributed by atoms with Crippen molar-refractivity contribution in [2.24, 2.45) is 5.10 Å². The summed E-state index contributed by atoms with van der Waals surface area (Å²) in [5.41, 5.74) is 6.30. The summed E-state index contributed by atoms with van der Waals surface area (Å²) in [6.45, 7) is 6.57. The molecule has 0 spiro atoms.